The third-order valence-electron chi connectivity index (χ3n) is 2.32. The van der Waals surface area contributed by atoms with Crippen LogP contribution in [0.2, 0.25) is 0 Å². The predicted molar refractivity (Wildman–Crippen MR) is 61.3 cm³/mol. The summed E-state index contributed by atoms with van der Waals surface area (Å²) < 4.78 is 42.9. The molecule has 0 saturated carbocycles. The first-order chi connectivity index (χ1) is 8.00. The Balaban J connectivity index is 2.54. The van der Waals surface area contributed by atoms with Crippen LogP contribution in [-0.2, 0) is 6.18 Å². The maximum absolute atomic E-state index is 12.7. The third kappa shape index (κ3) is 2.61. The van der Waals surface area contributed by atoms with Gasteiger partial charge in [-0.15, -0.1) is 0 Å². The lowest BCUT2D eigenvalue weighted by Crippen LogP contribution is -2.05. The maximum Gasteiger partial charge on any atom is 0.416 e. The summed E-state index contributed by atoms with van der Waals surface area (Å²) in [7, 11) is 1.35. The van der Waals surface area contributed by atoms with Gasteiger partial charge in [-0.3, -0.25) is 0 Å². The van der Waals surface area contributed by atoms with Gasteiger partial charge in [0.15, 0.2) is 0 Å². The summed E-state index contributed by atoms with van der Waals surface area (Å²) >= 11 is 1.44. The van der Waals surface area contributed by atoms with Crippen molar-refractivity contribution in [3.8, 4) is 16.9 Å². The number of thiophene rings is 1. The Bertz CT molecular complexity index is 503. The average Bonchev–Trinajstić information content (AvgIpc) is 2.80. The minimum Gasteiger partial charge on any atom is -0.497 e. The van der Waals surface area contributed by atoms with E-state index in [1.807, 2.05) is 5.38 Å². The van der Waals surface area contributed by atoms with Crippen LogP contribution in [-0.4, -0.2) is 7.11 Å². The van der Waals surface area contributed by atoms with Crippen molar-refractivity contribution in [2.75, 3.05) is 7.11 Å². The van der Waals surface area contributed by atoms with Crippen molar-refractivity contribution in [1.82, 2.24) is 0 Å². The smallest absolute Gasteiger partial charge is 0.416 e. The quantitative estimate of drug-likeness (QED) is 0.773. The van der Waals surface area contributed by atoms with Gasteiger partial charge in [-0.25, -0.2) is 0 Å². The van der Waals surface area contributed by atoms with Crippen LogP contribution >= 0.6 is 11.3 Å². The average molecular weight is 258 g/mol. The fourth-order valence-electron chi connectivity index (χ4n) is 1.48. The van der Waals surface area contributed by atoms with Gasteiger partial charge in [-0.05, 0) is 46.2 Å². The van der Waals surface area contributed by atoms with Gasteiger partial charge in [-0.2, -0.15) is 24.5 Å². The Morgan fingerprint density at radius 1 is 1.12 bits per heavy atom. The monoisotopic (exact) mass is 258 g/mol. The molecule has 0 unspecified atom stereocenters. The summed E-state index contributed by atoms with van der Waals surface area (Å²) in [6, 6.07) is 5.50. The highest BCUT2D eigenvalue weighted by Crippen LogP contribution is 2.35. The topological polar surface area (TPSA) is 9.23 Å². The zero-order chi connectivity index (χ0) is 12.5. The van der Waals surface area contributed by atoms with Crippen molar-refractivity contribution in [3.63, 3.8) is 0 Å². The molecule has 0 spiro atoms. The molecule has 0 N–H and O–H groups in total. The Morgan fingerprint density at radius 3 is 2.41 bits per heavy atom. The van der Waals surface area contributed by atoms with Gasteiger partial charge in [-0.1, -0.05) is 0 Å². The number of alkyl halides is 3. The van der Waals surface area contributed by atoms with Crippen LogP contribution in [0.5, 0.6) is 5.75 Å². The first kappa shape index (κ1) is 12.0. The third-order valence-corrected chi connectivity index (χ3v) is 3.01. The van der Waals surface area contributed by atoms with Crippen LogP contribution in [0.3, 0.4) is 0 Å². The number of methoxy groups -OCH3 is 1. The molecule has 5 heteroatoms. The van der Waals surface area contributed by atoms with E-state index in [0.29, 0.717) is 5.56 Å². The van der Waals surface area contributed by atoms with Crippen LogP contribution < -0.4 is 4.74 Å². The van der Waals surface area contributed by atoms with Crippen molar-refractivity contribution >= 4 is 11.3 Å². The number of hydrogen-bond acceptors (Lipinski definition) is 2. The van der Waals surface area contributed by atoms with E-state index in [-0.39, 0.29) is 5.75 Å². The number of ether oxygens (including phenoxy) is 1. The molecule has 0 saturated heterocycles. The highest BCUT2D eigenvalue weighted by Gasteiger charge is 2.31. The molecule has 0 aliphatic carbocycles. The molecule has 90 valence electrons. The van der Waals surface area contributed by atoms with E-state index in [9.17, 15) is 13.2 Å². The van der Waals surface area contributed by atoms with Crippen molar-refractivity contribution in [3.05, 3.63) is 40.6 Å². The van der Waals surface area contributed by atoms with E-state index < -0.39 is 11.7 Å². The zero-order valence-electron chi connectivity index (χ0n) is 8.91. The second-order valence-corrected chi connectivity index (χ2v) is 4.24. The molecule has 0 atom stereocenters. The van der Waals surface area contributed by atoms with Gasteiger partial charge in [0.1, 0.15) is 5.75 Å². The minimum absolute atomic E-state index is 0.209. The molecule has 1 aromatic carbocycles. The normalized spacial score (nSPS) is 11.5. The molecule has 0 aliphatic rings. The molecule has 17 heavy (non-hydrogen) atoms. The summed E-state index contributed by atoms with van der Waals surface area (Å²) in [4.78, 5) is 0. The SMILES string of the molecule is COc1cc(-c2ccsc2)cc(C(F)(F)F)c1. The lowest BCUT2D eigenvalue weighted by atomic mass is 10.1. The fourth-order valence-corrected chi connectivity index (χ4v) is 2.14. The molecular weight excluding hydrogens is 249 g/mol. The molecule has 0 aliphatic heterocycles. The molecular formula is C12H9F3OS. The Labute approximate surface area is 100 Å². The zero-order valence-corrected chi connectivity index (χ0v) is 9.73. The van der Waals surface area contributed by atoms with E-state index in [2.05, 4.69) is 0 Å². The van der Waals surface area contributed by atoms with Gasteiger partial charge >= 0.3 is 6.18 Å². The van der Waals surface area contributed by atoms with Gasteiger partial charge in [0, 0.05) is 0 Å². The number of benzene rings is 1. The van der Waals surface area contributed by atoms with Gasteiger partial charge in [0.05, 0.1) is 12.7 Å². The summed E-state index contributed by atoms with van der Waals surface area (Å²) in [5.74, 6) is 0.209. The van der Waals surface area contributed by atoms with Crippen molar-refractivity contribution in [2.45, 2.75) is 6.18 Å². The van der Waals surface area contributed by atoms with E-state index in [1.54, 1.807) is 17.5 Å². The van der Waals surface area contributed by atoms with Gasteiger partial charge < -0.3 is 4.74 Å². The lowest BCUT2D eigenvalue weighted by Gasteiger charge is -2.11. The molecule has 1 heterocycles. The molecule has 1 nitrogen and oxygen atoms in total. The minimum atomic E-state index is -4.36. The fraction of sp³-hybridized carbons (Fsp3) is 0.167. The molecule has 1 aromatic heterocycles. The van der Waals surface area contributed by atoms with Crippen LogP contribution in [0.25, 0.3) is 11.1 Å². The van der Waals surface area contributed by atoms with Crippen molar-refractivity contribution in [2.24, 2.45) is 0 Å². The highest BCUT2D eigenvalue weighted by molar-refractivity contribution is 7.08. The largest absolute Gasteiger partial charge is 0.497 e. The number of rotatable bonds is 2. The first-order valence-electron chi connectivity index (χ1n) is 4.79. The summed E-state index contributed by atoms with van der Waals surface area (Å²) in [5, 5.41) is 3.62. The standard InChI is InChI=1S/C12H9F3OS/c1-16-11-5-9(8-2-3-17-7-8)4-10(6-11)12(13,14)15/h2-7H,1H3. The van der Waals surface area contributed by atoms with E-state index in [0.717, 1.165) is 17.7 Å². The number of halogens is 3. The van der Waals surface area contributed by atoms with Crippen LogP contribution in [0.15, 0.2) is 35.0 Å². The highest BCUT2D eigenvalue weighted by atomic mass is 32.1. The molecule has 0 amide bonds. The Kier molecular flexibility index (Phi) is 3.11. The Hall–Kier alpha value is -1.49. The molecule has 2 aromatic rings. The second-order valence-electron chi connectivity index (χ2n) is 3.46. The molecule has 0 radical (unpaired) electrons. The van der Waals surface area contributed by atoms with E-state index in [1.165, 1.54) is 18.4 Å². The van der Waals surface area contributed by atoms with Crippen molar-refractivity contribution < 1.29 is 17.9 Å². The van der Waals surface area contributed by atoms with Gasteiger partial charge in [0.2, 0.25) is 0 Å². The van der Waals surface area contributed by atoms with Crippen LogP contribution in [0, 0.1) is 0 Å². The number of hydrogen-bond donors (Lipinski definition) is 0. The lowest BCUT2D eigenvalue weighted by molar-refractivity contribution is -0.137. The second kappa shape index (κ2) is 4.41. The van der Waals surface area contributed by atoms with Crippen molar-refractivity contribution in [1.29, 1.82) is 0 Å². The van der Waals surface area contributed by atoms with E-state index >= 15 is 0 Å². The molecule has 0 fully saturated rings. The first-order valence-corrected chi connectivity index (χ1v) is 5.74. The predicted octanol–water partition coefficient (Wildman–Crippen LogP) is 4.44. The summed E-state index contributed by atoms with van der Waals surface area (Å²) in [5.41, 5.74) is 0.579. The molecule has 2 rings (SSSR count). The maximum atomic E-state index is 12.7. The molecule has 0 bridgehead atoms. The summed E-state index contributed by atoms with van der Waals surface area (Å²) in [6.45, 7) is 0. The van der Waals surface area contributed by atoms with E-state index in [4.69, 9.17) is 4.74 Å². The Morgan fingerprint density at radius 2 is 1.88 bits per heavy atom. The summed E-state index contributed by atoms with van der Waals surface area (Å²) in [6.07, 6.45) is -4.36. The van der Waals surface area contributed by atoms with Crippen LogP contribution in [0.4, 0.5) is 13.2 Å². The van der Waals surface area contributed by atoms with Crippen LogP contribution in [0.1, 0.15) is 5.56 Å². The van der Waals surface area contributed by atoms with Gasteiger partial charge in [0.25, 0.3) is 0 Å².